The van der Waals surface area contributed by atoms with Gasteiger partial charge in [0, 0.05) is 5.56 Å². The van der Waals surface area contributed by atoms with Gasteiger partial charge in [0.1, 0.15) is 11.5 Å². The van der Waals surface area contributed by atoms with Gasteiger partial charge < -0.3 is 18.9 Å². The lowest BCUT2D eigenvalue weighted by Gasteiger charge is -2.16. The van der Waals surface area contributed by atoms with Crippen molar-refractivity contribution in [2.45, 2.75) is 6.92 Å². The van der Waals surface area contributed by atoms with Gasteiger partial charge in [0.05, 0.1) is 27.0 Å². The van der Waals surface area contributed by atoms with E-state index in [0.717, 1.165) is 16.7 Å². The zero-order valence-corrected chi connectivity index (χ0v) is 22.5. The van der Waals surface area contributed by atoms with Crippen molar-refractivity contribution in [2.24, 2.45) is 10.2 Å². The van der Waals surface area contributed by atoms with Gasteiger partial charge in [0.15, 0.2) is 23.0 Å². The van der Waals surface area contributed by atoms with Crippen LogP contribution < -0.4 is 29.8 Å². The van der Waals surface area contributed by atoms with E-state index in [-0.39, 0.29) is 5.71 Å². The molecule has 9 heteroatoms. The average molecular weight is 537 g/mol. The highest BCUT2D eigenvalue weighted by atomic mass is 16.5. The molecule has 0 aromatic heterocycles. The van der Waals surface area contributed by atoms with Crippen LogP contribution in [0.5, 0.6) is 28.7 Å². The van der Waals surface area contributed by atoms with E-state index in [2.05, 4.69) is 21.1 Å². The van der Waals surface area contributed by atoms with Gasteiger partial charge >= 0.3 is 0 Å². The van der Waals surface area contributed by atoms with Crippen LogP contribution in [0.2, 0.25) is 0 Å². The predicted octanol–water partition coefficient (Wildman–Crippen LogP) is 5.78. The summed E-state index contributed by atoms with van der Waals surface area (Å²) in [5, 5.41) is 8.70. The third kappa shape index (κ3) is 5.30. The topological polar surface area (TPSA) is 103 Å². The maximum Gasteiger partial charge on any atom is 0.294 e. The Morgan fingerprint density at radius 3 is 2.05 bits per heavy atom. The number of nitrogens with zero attached hydrogens (tertiary/aromatic N) is 2. The second-order valence-corrected chi connectivity index (χ2v) is 8.83. The molecule has 0 atom stereocenters. The van der Waals surface area contributed by atoms with E-state index in [0.29, 0.717) is 45.7 Å². The molecule has 1 heterocycles. The first-order valence-corrected chi connectivity index (χ1v) is 12.5. The van der Waals surface area contributed by atoms with Crippen LogP contribution >= 0.6 is 0 Å². The van der Waals surface area contributed by atoms with Crippen LogP contribution in [-0.2, 0) is 4.79 Å². The number of hydrogen-bond donors (Lipinski definition) is 2. The van der Waals surface area contributed by atoms with E-state index in [1.54, 1.807) is 12.1 Å². The highest BCUT2D eigenvalue weighted by Gasteiger charge is 2.29. The minimum atomic E-state index is -0.461. The molecule has 0 saturated carbocycles. The lowest BCUT2D eigenvalue weighted by atomic mass is 9.99. The number of carbonyl (C=O) groups is 1. The fourth-order valence-electron chi connectivity index (χ4n) is 4.36. The molecule has 4 aromatic rings. The summed E-state index contributed by atoms with van der Waals surface area (Å²) in [7, 11) is 4.57. The van der Waals surface area contributed by atoms with Crippen molar-refractivity contribution >= 4 is 23.0 Å². The van der Waals surface area contributed by atoms with Crippen molar-refractivity contribution in [3.63, 3.8) is 0 Å². The largest absolute Gasteiger partial charge is 0.493 e. The summed E-state index contributed by atoms with van der Waals surface area (Å²) in [5.41, 5.74) is 10.1. The summed E-state index contributed by atoms with van der Waals surface area (Å²) in [6, 6.07) is 26.8. The fourth-order valence-corrected chi connectivity index (χ4v) is 4.36. The highest BCUT2D eigenvalue weighted by molar-refractivity contribution is 6.72. The Bertz CT molecular complexity index is 1580. The normalized spacial score (nSPS) is 13.4. The number of benzene rings is 4. The molecule has 0 spiro atoms. The molecule has 0 saturated heterocycles. The smallest absolute Gasteiger partial charge is 0.294 e. The third-order valence-electron chi connectivity index (χ3n) is 6.32. The molecule has 40 heavy (non-hydrogen) atoms. The Balaban J connectivity index is 1.55. The number of hydrazone groups is 2. The van der Waals surface area contributed by atoms with Gasteiger partial charge in [-0.25, -0.2) is 5.43 Å². The summed E-state index contributed by atoms with van der Waals surface area (Å²) >= 11 is 0. The average Bonchev–Trinajstić information content (AvgIpc) is 3.36. The summed E-state index contributed by atoms with van der Waals surface area (Å²) < 4.78 is 22.6. The molecule has 0 fully saturated rings. The molecule has 0 radical (unpaired) electrons. The number of methoxy groups -OCH3 is 3. The number of nitrogens with one attached hydrogen (secondary N) is 2. The molecule has 5 rings (SSSR count). The molecular formula is C31H28N4O5. The van der Waals surface area contributed by atoms with Gasteiger partial charge in [-0.15, -0.1) is 0 Å². The highest BCUT2D eigenvalue weighted by Crippen LogP contribution is 2.39. The van der Waals surface area contributed by atoms with Gasteiger partial charge in [0.25, 0.3) is 5.91 Å². The number of para-hydroxylation sites is 1. The summed E-state index contributed by atoms with van der Waals surface area (Å²) in [6.07, 6.45) is 0. The minimum Gasteiger partial charge on any atom is -0.493 e. The Morgan fingerprint density at radius 1 is 0.775 bits per heavy atom. The van der Waals surface area contributed by atoms with Crippen LogP contribution in [0.15, 0.2) is 95.1 Å². The molecule has 0 bridgehead atoms. The summed E-state index contributed by atoms with van der Waals surface area (Å²) in [4.78, 5) is 12.8. The van der Waals surface area contributed by atoms with Crippen molar-refractivity contribution < 1.29 is 23.7 Å². The van der Waals surface area contributed by atoms with E-state index in [1.807, 2.05) is 79.7 Å². The minimum absolute atomic E-state index is 0.0850. The van der Waals surface area contributed by atoms with Crippen LogP contribution in [0.25, 0.3) is 11.1 Å². The Kier molecular flexibility index (Phi) is 7.63. The van der Waals surface area contributed by atoms with E-state index < -0.39 is 5.91 Å². The number of aryl methyl sites for hydroxylation is 1. The van der Waals surface area contributed by atoms with Crippen LogP contribution in [0, 0.1) is 6.92 Å². The second kappa shape index (κ2) is 11.6. The quantitative estimate of drug-likeness (QED) is 0.263. The van der Waals surface area contributed by atoms with E-state index in [9.17, 15) is 4.79 Å². The zero-order valence-electron chi connectivity index (χ0n) is 22.5. The van der Waals surface area contributed by atoms with Crippen molar-refractivity contribution in [3.05, 3.63) is 96.1 Å². The molecule has 4 aromatic carbocycles. The molecule has 1 aliphatic rings. The summed E-state index contributed by atoms with van der Waals surface area (Å²) in [5.74, 6) is 2.04. The van der Waals surface area contributed by atoms with Crippen LogP contribution in [-0.4, -0.2) is 38.7 Å². The van der Waals surface area contributed by atoms with Crippen molar-refractivity contribution in [1.82, 2.24) is 5.43 Å². The lowest BCUT2D eigenvalue weighted by Crippen LogP contribution is -2.25. The molecule has 2 N–H and O–H groups in total. The van der Waals surface area contributed by atoms with Gasteiger partial charge in [-0.1, -0.05) is 48.5 Å². The van der Waals surface area contributed by atoms with E-state index in [1.165, 1.54) is 21.3 Å². The van der Waals surface area contributed by atoms with Gasteiger partial charge in [-0.2, -0.15) is 10.2 Å². The molecule has 1 amide bonds. The van der Waals surface area contributed by atoms with E-state index >= 15 is 0 Å². The maximum atomic E-state index is 12.8. The van der Waals surface area contributed by atoms with Crippen molar-refractivity contribution in [2.75, 3.05) is 26.8 Å². The summed E-state index contributed by atoms with van der Waals surface area (Å²) in [6.45, 7) is 2.02. The molecule has 202 valence electrons. The first kappa shape index (κ1) is 26.3. The first-order chi connectivity index (χ1) is 19.5. The standard InChI is InChI=1S/C31H28N4O5/c1-19-15-25(40-22-13-9-6-10-14-22)24(18-23(19)20-11-7-5-8-12-20)32-34-29-28(33-35-31(29)36)21-16-26(37-2)30(39-4)27(17-21)38-3/h5-18,32H,1-4H3,(H,34,35,36). The molecular weight excluding hydrogens is 508 g/mol. The van der Waals surface area contributed by atoms with Crippen LogP contribution in [0.3, 0.4) is 0 Å². The predicted molar refractivity (Wildman–Crippen MR) is 155 cm³/mol. The Hall–Kier alpha value is -5.31. The SMILES string of the molecule is COc1cc(C2=NNC(=O)/C2=N/Nc2cc(-c3ccccc3)c(C)cc2Oc2ccccc2)cc(OC)c1OC. The lowest BCUT2D eigenvalue weighted by molar-refractivity contribution is -0.114. The first-order valence-electron chi connectivity index (χ1n) is 12.5. The maximum absolute atomic E-state index is 12.8. The Morgan fingerprint density at radius 2 is 1.43 bits per heavy atom. The number of hydrogen-bond acceptors (Lipinski definition) is 8. The molecule has 0 unspecified atom stereocenters. The third-order valence-corrected chi connectivity index (χ3v) is 6.32. The molecule has 1 aliphatic heterocycles. The van der Waals surface area contributed by atoms with Gasteiger partial charge in [0.2, 0.25) is 5.75 Å². The number of amides is 1. The number of anilines is 1. The molecule has 9 nitrogen and oxygen atoms in total. The second-order valence-electron chi connectivity index (χ2n) is 8.83. The van der Waals surface area contributed by atoms with Gasteiger partial charge in [-0.05, 0) is 60.0 Å². The van der Waals surface area contributed by atoms with Crippen LogP contribution in [0.4, 0.5) is 5.69 Å². The van der Waals surface area contributed by atoms with Gasteiger partial charge in [-0.3, -0.25) is 10.2 Å². The number of rotatable bonds is 9. The molecule has 0 aliphatic carbocycles. The number of carbonyl (C=O) groups excluding carboxylic acids is 1. The Labute approximate surface area is 232 Å². The van der Waals surface area contributed by atoms with Crippen molar-refractivity contribution in [1.29, 1.82) is 0 Å². The zero-order chi connectivity index (χ0) is 28.1. The number of ether oxygens (including phenoxy) is 4. The van der Waals surface area contributed by atoms with Crippen LogP contribution in [0.1, 0.15) is 11.1 Å². The monoisotopic (exact) mass is 536 g/mol. The fraction of sp³-hybridized carbons (Fsp3) is 0.129. The van der Waals surface area contributed by atoms with Crippen molar-refractivity contribution in [3.8, 4) is 39.9 Å². The van der Waals surface area contributed by atoms with E-state index in [4.69, 9.17) is 18.9 Å².